The highest BCUT2D eigenvalue weighted by Crippen LogP contribution is 2.22. The molecule has 2 amide bonds. The minimum Gasteiger partial charge on any atom is -0.451 e. The number of nitrogens with one attached hydrogen (secondary N) is 2. The number of anilines is 1. The van der Waals surface area contributed by atoms with Gasteiger partial charge in [0.25, 0.3) is 11.8 Å². The second kappa shape index (κ2) is 9.90. The Balaban J connectivity index is 1.91. The largest absolute Gasteiger partial charge is 0.451 e. The molecule has 0 bridgehead atoms. The Bertz CT molecular complexity index is 1000. The molecule has 2 aromatic rings. The van der Waals surface area contributed by atoms with E-state index < -0.39 is 29.9 Å². The number of ether oxygens (including phenoxy) is 1. The van der Waals surface area contributed by atoms with Crippen LogP contribution in [0.3, 0.4) is 0 Å². The van der Waals surface area contributed by atoms with E-state index in [1.54, 1.807) is 30.3 Å². The van der Waals surface area contributed by atoms with Crippen LogP contribution in [0.1, 0.15) is 56.1 Å². The molecule has 2 aromatic carbocycles. The lowest BCUT2D eigenvalue weighted by atomic mass is 9.86. The second-order valence-corrected chi connectivity index (χ2v) is 8.28. The van der Waals surface area contributed by atoms with Gasteiger partial charge in [-0.1, -0.05) is 39.0 Å². The van der Waals surface area contributed by atoms with E-state index in [1.807, 2.05) is 18.2 Å². The first kappa shape index (κ1) is 23.6. The van der Waals surface area contributed by atoms with Crippen LogP contribution < -0.4 is 10.6 Å². The number of nitriles is 1. The molecule has 0 unspecified atom stereocenters. The first-order valence-electron chi connectivity index (χ1n) is 9.94. The van der Waals surface area contributed by atoms with E-state index in [2.05, 4.69) is 31.4 Å². The van der Waals surface area contributed by atoms with Gasteiger partial charge in [0, 0.05) is 11.3 Å². The lowest BCUT2D eigenvalue weighted by Crippen LogP contribution is -2.42. The molecule has 0 saturated carbocycles. The zero-order chi connectivity index (χ0) is 23.2. The third-order valence-electron chi connectivity index (χ3n) is 4.64. The van der Waals surface area contributed by atoms with E-state index in [9.17, 15) is 14.4 Å². The molecule has 2 rings (SSSR count). The normalized spacial score (nSPS) is 12.8. The molecule has 7 nitrogen and oxygen atoms in total. The number of nitrogens with zero attached hydrogens (tertiary/aromatic N) is 1. The van der Waals surface area contributed by atoms with Crippen molar-refractivity contribution < 1.29 is 19.1 Å². The number of carbonyl (C=O) groups excluding carboxylic acids is 3. The quantitative estimate of drug-likeness (QED) is 0.694. The summed E-state index contributed by atoms with van der Waals surface area (Å²) in [7, 11) is 0. The fourth-order valence-corrected chi connectivity index (χ4v) is 2.70. The molecule has 0 aliphatic rings. The first-order chi connectivity index (χ1) is 14.5. The molecule has 0 aromatic heterocycles. The van der Waals surface area contributed by atoms with E-state index in [4.69, 9.17) is 10.00 Å². The minimum absolute atomic E-state index is 0.0290. The predicted octanol–water partition coefficient (Wildman–Crippen LogP) is 3.54. The molecule has 0 saturated heterocycles. The maximum absolute atomic E-state index is 12.4. The van der Waals surface area contributed by atoms with E-state index in [1.165, 1.54) is 19.9 Å². The maximum atomic E-state index is 12.4. The summed E-state index contributed by atoms with van der Waals surface area (Å²) in [5, 5.41) is 14.1. The smallest absolute Gasteiger partial charge is 0.329 e. The fraction of sp³-hybridized carbons (Fsp3) is 0.333. The molecule has 2 atom stereocenters. The number of rotatable bonds is 6. The Hall–Kier alpha value is -3.66. The average Bonchev–Trinajstić information content (AvgIpc) is 2.73. The van der Waals surface area contributed by atoms with Gasteiger partial charge in [0.05, 0.1) is 11.6 Å². The van der Waals surface area contributed by atoms with Crippen LogP contribution in [0, 0.1) is 11.3 Å². The molecule has 31 heavy (non-hydrogen) atoms. The highest BCUT2D eigenvalue weighted by molar-refractivity contribution is 5.98. The first-order valence-corrected chi connectivity index (χ1v) is 9.94. The zero-order valence-electron chi connectivity index (χ0n) is 18.4. The van der Waals surface area contributed by atoms with Crippen molar-refractivity contribution in [1.29, 1.82) is 5.26 Å². The summed E-state index contributed by atoms with van der Waals surface area (Å²) in [6.45, 7) is 9.17. The van der Waals surface area contributed by atoms with Gasteiger partial charge in [-0.15, -0.1) is 0 Å². The van der Waals surface area contributed by atoms with Crippen molar-refractivity contribution in [3.8, 4) is 6.07 Å². The lowest BCUT2D eigenvalue weighted by Gasteiger charge is -2.20. The summed E-state index contributed by atoms with van der Waals surface area (Å²) in [4.78, 5) is 37.0. The van der Waals surface area contributed by atoms with Gasteiger partial charge in [0.2, 0.25) is 0 Å². The van der Waals surface area contributed by atoms with E-state index >= 15 is 0 Å². The van der Waals surface area contributed by atoms with Gasteiger partial charge < -0.3 is 15.4 Å². The molecular formula is C24H27N3O4. The zero-order valence-corrected chi connectivity index (χ0v) is 18.4. The molecule has 0 fully saturated rings. The van der Waals surface area contributed by atoms with Crippen LogP contribution in [0.4, 0.5) is 5.69 Å². The topological polar surface area (TPSA) is 108 Å². The van der Waals surface area contributed by atoms with Crippen molar-refractivity contribution in [2.24, 2.45) is 0 Å². The Morgan fingerprint density at radius 2 is 1.68 bits per heavy atom. The van der Waals surface area contributed by atoms with E-state index in [0.717, 1.165) is 5.56 Å². The Kier molecular flexibility index (Phi) is 7.54. The van der Waals surface area contributed by atoms with Crippen molar-refractivity contribution in [2.45, 2.75) is 52.2 Å². The molecule has 162 valence electrons. The minimum atomic E-state index is -1.08. The van der Waals surface area contributed by atoms with Gasteiger partial charge in [0.1, 0.15) is 6.04 Å². The van der Waals surface area contributed by atoms with Gasteiger partial charge in [0.15, 0.2) is 6.10 Å². The summed E-state index contributed by atoms with van der Waals surface area (Å²) in [6, 6.07) is 14.6. The van der Waals surface area contributed by atoms with Crippen LogP contribution in [-0.2, 0) is 19.7 Å². The summed E-state index contributed by atoms with van der Waals surface area (Å²) >= 11 is 0. The lowest BCUT2D eigenvalue weighted by molar-refractivity contribution is -0.154. The predicted molar refractivity (Wildman–Crippen MR) is 117 cm³/mol. The van der Waals surface area contributed by atoms with Crippen LogP contribution in [0.5, 0.6) is 0 Å². The van der Waals surface area contributed by atoms with Crippen molar-refractivity contribution in [1.82, 2.24) is 5.32 Å². The van der Waals surface area contributed by atoms with Gasteiger partial charge in [-0.3, -0.25) is 9.59 Å². The number of esters is 1. The average molecular weight is 421 g/mol. The Labute approximate surface area is 182 Å². The van der Waals surface area contributed by atoms with E-state index in [0.29, 0.717) is 16.8 Å². The monoisotopic (exact) mass is 421 g/mol. The van der Waals surface area contributed by atoms with E-state index in [-0.39, 0.29) is 5.41 Å². The van der Waals surface area contributed by atoms with Crippen LogP contribution >= 0.6 is 0 Å². The highest BCUT2D eigenvalue weighted by atomic mass is 16.5. The number of hydrogen-bond donors (Lipinski definition) is 2. The third kappa shape index (κ3) is 6.68. The van der Waals surface area contributed by atoms with Crippen molar-refractivity contribution >= 4 is 23.5 Å². The summed E-state index contributed by atoms with van der Waals surface area (Å²) in [5.74, 6) is -1.68. The van der Waals surface area contributed by atoms with Crippen molar-refractivity contribution in [2.75, 3.05) is 5.32 Å². The molecule has 0 aliphatic carbocycles. The van der Waals surface area contributed by atoms with Crippen LogP contribution in [0.2, 0.25) is 0 Å². The Morgan fingerprint density at radius 3 is 2.26 bits per heavy atom. The standard InChI is InChI=1S/C24H27N3O4/c1-15(26-22(29)18-9-11-19(12-10-18)24(3,4)5)23(30)31-16(2)21(28)27-20-8-6-7-17(13-20)14-25/h6-13,15-16H,1-5H3,(H,26,29)(H,27,28)/t15-,16+/m0/s1. The van der Waals surface area contributed by atoms with Gasteiger partial charge in [-0.2, -0.15) is 5.26 Å². The number of hydrogen-bond acceptors (Lipinski definition) is 5. The molecule has 0 radical (unpaired) electrons. The third-order valence-corrected chi connectivity index (χ3v) is 4.64. The van der Waals surface area contributed by atoms with Crippen molar-refractivity contribution in [3.05, 3.63) is 65.2 Å². The van der Waals surface area contributed by atoms with Crippen LogP contribution in [0.25, 0.3) is 0 Å². The van der Waals surface area contributed by atoms with Crippen LogP contribution in [-0.4, -0.2) is 29.9 Å². The van der Waals surface area contributed by atoms with Gasteiger partial charge in [-0.05, 0) is 55.2 Å². The summed E-state index contributed by atoms with van der Waals surface area (Å²) < 4.78 is 5.17. The van der Waals surface area contributed by atoms with Gasteiger partial charge >= 0.3 is 5.97 Å². The van der Waals surface area contributed by atoms with Crippen LogP contribution in [0.15, 0.2) is 48.5 Å². The second-order valence-electron chi connectivity index (χ2n) is 8.28. The molecule has 0 spiro atoms. The molecule has 2 N–H and O–H groups in total. The Morgan fingerprint density at radius 1 is 1.03 bits per heavy atom. The molecule has 0 aliphatic heterocycles. The number of amides is 2. The molecular weight excluding hydrogens is 394 g/mol. The van der Waals surface area contributed by atoms with Gasteiger partial charge in [-0.25, -0.2) is 4.79 Å². The number of benzene rings is 2. The maximum Gasteiger partial charge on any atom is 0.329 e. The number of carbonyl (C=O) groups is 3. The summed E-state index contributed by atoms with van der Waals surface area (Å²) in [5.41, 5.74) is 2.31. The fourth-order valence-electron chi connectivity index (χ4n) is 2.70. The highest BCUT2D eigenvalue weighted by Gasteiger charge is 2.24. The summed E-state index contributed by atoms with van der Waals surface area (Å²) in [6.07, 6.45) is -1.08. The molecule has 0 heterocycles. The SMILES string of the molecule is C[C@H](NC(=O)c1ccc(C(C)(C)C)cc1)C(=O)O[C@H](C)C(=O)Nc1cccc(C#N)c1. The molecule has 7 heteroatoms. The van der Waals surface area contributed by atoms with Crippen molar-refractivity contribution in [3.63, 3.8) is 0 Å².